The fourth-order valence-corrected chi connectivity index (χ4v) is 4.06. The van der Waals surface area contributed by atoms with Crippen LogP contribution in [0.4, 0.5) is 0 Å². The lowest BCUT2D eigenvalue weighted by atomic mass is 9.96. The van der Waals surface area contributed by atoms with Gasteiger partial charge in [-0.25, -0.2) is 9.59 Å². The van der Waals surface area contributed by atoms with Crippen molar-refractivity contribution in [2.45, 2.75) is 26.4 Å². The van der Waals surface area contributed by atoms with Crippen molar-refractivity contribution >= 4 is 34.6 Å². The largest absolute Gasteiger partial charge is 0.478 e. The number of hydrogen-bond acceptors (Lipinski definition) is 5. The molecule has 2 heterocycles. The Kier molecular flexibility index (Phi) is 5.54. The van der Waals surface area contributed by atoms with E-state index in [1.54, 1.807) is 12.1 Å². The molecule has 0 saturated heterocycles. The first-order valence-corrected chi connectivity index (χ1v) is 9.97. The van der Waals surface area contributed by atoms with Crippen LogP contribution >= 0.6 is 22.7 Å². The van der Waals surface area contributed by atoms with Gasteiger partial charge in [-0.05, 0) is 48.4 Å². The van der Waals surface area contributed by atoms with Crippen molar-refractivity contribution in [3.63, 3.8) is 0 Å². The van der Waals surface area contributed by atoms with E-state index in [0.717, 1.165) is 9.75 Å². The van der Waals surface area contributed by atoms with Crippen molar-refractivity contribution in [1.29, 1.82) is 0 Å². The van der Waals surface area contributed by atoms with Gasteiger partial charge in [-0.1, -0.05) is 19.1 Å². The Balaban J connectivity index is 2.21. The predicted octanol–water partition coefficient (Wildman–Crippen LogP) is 5.80. The summed E-state index contributed by atoms with van der Waals surface area (Å²) in [5.41, 5.74) is 1.69. The third kappa shape index (κ3) is 3.71. The van der Waals surface area contributed by atoms with E-state index >= 15 is 0 Å². The summed E-state index contributed by atoms with van der Waals surface area (Å²) in [4.78, 5) is 26.2. The first-order chi connectivity index (χ1) is 12.5. The molecule has 0 fully saturated rings. The summed E-state index contributed by atoms with van der Waals surface area (Å²) in [6.07, 6.45) is 0.508. The fraction of sp³-hybridized carbons (Fsp3) is 0.200. The smallest absolute Gasteiger partial charge is 0.339 e. The Morgan fingerprint density at radius 1 is 1.04 bits per heavy atom. The summed E-state index contributed by atoms with van der Waals surface area (Å²) < 4.78 is 5.52. The average Bonchev–Trinajstić information content (AvgIpc) is 3.33. The van der Waals surface area contributed by atoms with Crippen LogP contribution < -0.4 is 0 Å². The second-order valence-electron chi connectivity index (χ2n) is 5.83. The first kappa shape index (κ1) is 18.4. The van der Waals surface area contributed by atoms with E-state index in [-0.39, 0.29) is 11.7 Å². The number of carbonyl (C=O) groups excluding carboxylic acids is 1. The SMILES string of the molecule is CCC(C)OC(=O)c1cc(-c2cccs2)c(C(=O)O)cc1-c1cccs1. The van der Waals surface area contributed by atoms with Crippen LogP contribution in [-0.4, -0.2) is 23.1 Å². The molecule has 6 heteroatoms. The maximum absolute atomic E-state index is 12.8. The van der Waals surface area contributed by atoms with Crippen LogP contribution in [0.25, 0.3) is 20.9 Å². The van der Waals surface area contributed by atoms with Crippen molar-refractivity contribution in [3.8, 4) is 20.9 Å². The lowest BCUT2D eigenvalue weighted by molar-refractivity contribution is 0.0335. The highest BCUT2D eigenvalue weighted by Crippen LogP contribution is 2.36. The highest BCUT2D eigenvalue weighted by molar-refractivity contribution is 7.14. The van der Waals surface area contributed by atoms with E-state index in [0.29, 0.717) is 23.1 Å². The first-order valence-electron chi connectivity index (χ1n) is 8.21. The number of esters is 1. The topological polar surface area (TPSA) is 63.6 Å². The van der Waals surface area contributed by atoms with Gasteiger partial charge in [0, 0.05) is 20.9 Å². The Morgan fingerprint density at radius 3 is 2.04 bits per heavy atom. The quantitative estimate of drug-likeness (QED) is 0.544. The molecule has 0 amide bonds. The summed E-state index contributed by atoms with van der Waals surface area (Å²) in [6, 6.07) is 10.7. The molecule has 0 aliphatic rings. The van der Waals surface area contributed by atoms with Gasteiger partial charge in [-0.2, -0.15) is 0 Å². The van der Waals surface area contributed by atoms with Gasteiger partial charge in [-0.3, -0.25) is 0 Å². The minimum Gasteiger partial charge on any atom is -0.478 e. The van der Waals surface area contributed by atoms with E-state index in [1.165, 1.54) is 22.7 Å². The number of carbonyl (C=O) groups is 2. The number of carboxylic acids is 1. The van der Waals surface area contributed by atoms with Gasteiger partial charge in [0.2, 0.25) is 0 Å². The van der Waals surface area contributed by atoms with Crippen molar-refractivity contribution in [3.05, 3.63) is 58.3 Å². The number of hydrogen-bond donors (Lipinski definition) is 1. The summed E-state index contributed by atoms with van der Waals surface area (Å²) in [5.74, 6) is -1.45. The molecule has 0 aliphatic heterocycles. The van der Waals surface area contributed by atoms with Gasteiger partial charge < -0.3 is 9.84 Å². The van der Waals surface area contributed by atoms with Crippen molar-refractivity contribution in [1.82, 2.24) is 0 Å². The third-order valence-electron chi connectivity index (χ3n) is 4.06. The minimum atomic E-state index is -1.02. The van der Waals surface area contributed by atoms with E-state index in [4.69, 9.17) is 4.74 Å². The molecule has 0 bridgehead atoms. The molecule has 0 saturated carbocycles. The van der Waals surface area contributed by atoms with Gasteiger partial charge in [-0.15, -0.1) is 22.7 Å². The molecule has 1 unspecified atom stereocenters. The maximum atomic E-state index is 12.8. The highest BCUT2D eigenvalue weighted by Gasteiger charge is 2.23. The van der Waals surface area contributed by atoms with Crippen LogP contribution in [0.1, 0.15) is 41.0 Å². The van der Waals surface area contributed by atoms with Crippen LogP contribution in [0.2, 0.25) is 0 Å². The lowest BCUT2D eigenvalue weighted by Gasteiger charge is -2.15. The van der Waals surface area contributed by atoms with E-state index in [9.17, 15) is 14.7 Å². The normalized spacial score (nSPS) is 11.9. The lowest BCUT2D eigenvalue weighted by Crippen LogP contribution is -2.15. The van der Waals surface area contributed by atoms with Gasteiger partial charge in [0.05, 0.1) is 17.2 Å². The van der Waals surface area contributed by atoms with Crippen molar-refractivity contribution < 1.29 is 19.4 Å². The molecular weight excluding hydrogens is 368 g/mol. The van der Waals surface area contributed by atoms with Crippen molar-refractivity contribution in [2.75, 3.05) is 0 Å². The second-order valence-corrected chi connectivity index (χ2v) is 7.72. The molecule has 134 valence electrons. The average molecular weight is 386 g/mol. The molecular formula is C20H18O4S2. The maximum Gasteiger partial charge on any atom is 0.339 e. The minimum absolute atomic E-state index is 0.177. The number of rotatable bonds is 6. The number of thiophene rings is 2. The van der Waals surface area contributed by atoms with Gasteiger partial charge >= 0.3 is 11.9 Å². The van der Waals surface area contributed by atoms with Gasteiger partial charge in [0.15, 0.2) is 0 Å². The number of carboxylic acid groups (broad SMARTS) is 1. The van der Waals surface area contributed by atoms with Crippen LogP contribution in [0.3, 0.4) is 0 Å². The molecule has 0 spiro atoms. The molecule has 2 aromatic heterocycles. The molecule has 26 heavy (non-hydrogen) atoms. The van der Waals surface area contributed by atoms with Crippen LogP contribution in [-0.2, 0) is 4.74 Å². The molecule has 3 aromatic rings. The van der Waals surface area contributed by atoms with Gasteiger partial charge in [0.25, 0.3) is 0 Å². The highest BCUT2D eigenvalue weighted by atomic mass is 32.1. The molecule has 1 N–H and O–H groups in total. The molecule has 1 atom stereocenters. The zero-order chi connectivity index (χ0) is 18.7. The fourth-order valence-electron chi connectivity index (χ4n) is 2.55. The van der Waals surface area contributed by atoms with Gasteiger partial charge in [0.1, 0.15) is 0 Å². The molecule has 0 aliphatic carbocycles. The van der Waals surface area contributed by atoms with Crippen molar-refractivity contribution in [2.24, 2.45) is 0 Å². The predicted molar refractivity (Wildman–Crippen MR) is 105 cm³/mol. The number of benzene rings is 1. The standard InChI is InChI=1S/C20H18O4S2/c1-3-12(2)24-20(23)16-11-13(17-6-4-8-25-17)15(19(21)22)10-14(16)18-7-5-9-26-18/h4-12H,3H2,1-2H3,(H,21,22). The Hall–Kier alpha value is -2.44. The Labute approximate surface area is 159 Å². The summed E-state index contributed by atoms with van der Waals surface area (Å²) in [6.45, 7) is 3.79. The third-order valence-corrected chi connectivity index (χ3v) is 5.87. The molecule has 1 aromatic carbocycles. The Bertz CT molecular complexity index is 912. The number of aromatic carboxylic acids is 1. The van der Waals surface area contributed by atoms with Crippen LogP contribution in [0.5, 0.6) is 0 Å². The zero-order valence-corrected chi connectivity index (χ0v) is 16.0. The molecule has 4 nitrogen and oxygen atoms in total. The van der Waals surface area contributed by atoms with Crippen LogP contribution in [0.15, 0.2) is 47.2 Å². The summed E-state index contributed by atoms with van der Waals surface area (Å²) in [7, 11) is 0. The second kappa shape index (κ2) is 7.85. The number of ether oxygens (including phenoxy) is 1. The van der Waals surface area contributed by atoms with Crippen LogP contribution in [0, 0.1) is 0 Å². The summed E-state index contributed by atoms with van der Waals surface area (Å²) in [5, 5.41) is 13.5. The summed E-state index contributed by atoms with van der Waals surface area (Å²) >= 11 is 2.89. The monoisotopic (exact) mass is 386 g/mol. The van der Waals surface area contributed by atoms with E-state index in [2.05, 4.69) is 0 Å². The molecule has 3 rings (SSSR count). The Morgan fingerprint density at radius 2 is 1.58 bits per heavy atom. The van der Waals surface area contributed by atoms with E-state index in [1.807, 2.05) is 48.9 Å². The van der Waals surface area contributed by atoms with E-state index < -0.39 is 11.9 Å². The molecule has 0 radical (unpaired) electrons. The zero-order valence-electron chi connectivity index (χ0n) is 14.4.